The van der Waals surface area contributed by atoms with Gasteiger partial charge in [0.25, 0.3) is 0 Å². The summed E-state index contributed by atoms with van der Waals surface area (Å²) in [6, 6.07) is 6.62. The number of amides is 1. The number of nitrogens with one attached hydrogen (secondary N) is 1. The zero-order chi connectivity index (χ0) is 16.9. The molecule has 2 heterocycles. The lowest BCUT2D eigenvalue weighted by Gasteiger charge is -2.03. The molecule has 1 aromatic carbocycles. The van der Waals surface area contributed by atoms with Crippen LogP contribution in [-0.4, -0.2) is 28.5 Å². The number of ketones is 1. The number of ether oxygens (including phenoxy) is 1. The Kier molecular flexibility index (Phi) is 5.55. The van der Waals surface area contributed by atoms with Gasteiger partial charge in [0.05, 0.1) is 0 Å². The summed E-state index contributed by atoms with van der Waals surface area (Å²) in [5.74, 6) is -0.355. The second-order valence-electron chi connectivity index (χ2n) is 5.43. The summed E-state index contributed by atoms with van der Waals surface area (Å²) < 4.78 is 5.53. The minimum Gasteiger partial charge on any atom is -0.371 e. The van der Waals surface area contributed by atoms with Crippen LogP contribution in [0.1, 0.15) is 47.2 Å². The van der Waals surface area contributed by atoms with Crippen molar-refractivity contribution < 1.29 is 14.3 Å². The normalized spacial score (nSPS) is 17.0. The zero-order valence-corrected chi connectivity index (χ0v) is 14.4. The Morgan fingerprint density at radius 2 is 2.04 bits per heavy atom. The number of Topliss-reactive ketones (excluding diaryl/α,β-unsaturated/α-hetero) is 1. The molecule has 1 unspecified atom stereocenters. The molecule has 0 aliphatic carbocycles. The van der Waals surface area contributed by atoms with Crippen molar-refractivity contribution in [1.82, 2.24) is 10.2 Å². The van der Waals surface area contributed by atoms with E-state index in [9.17, 15) is 9.59 Å². The van der Waals surface area contributed by atoms with Crippen LogP contribution in [0.15, 0.2) is 24.3 Å². The van der Waals surface area contributed by atoms with Crippen LogP contribution in [0.3, 0.4) is 0 Å². The van der Waals surface area contributed by atoms with Crippen LogP contribution >= 0.6 is 22.9 Å². The smallest absolute Gasteiger partial charge is 0.226 e. The highest BCUT2D eigenvalue weighted by atomic mass is 35.5. The van der Waals surface area contributed by atoms with Crippen LogP contribution in [0.5, 0.6) is 0 Å². The Bertz CT molecular complexity index is 726. The SMILES string of the molecule is O=C(CCC(=O)c1ccc(Cl)cc1)Nc1nnc(C2CCCO2)s1. The number of benzene rings is 1. The molecule has 1 amide bonds. The third-order valence-electron chi connectivity index (χ3n) is 3.64. The third-order valence-corrected chi connectivity index (χ3v) is 4.82. The molecule has 126 valence electrons. The number of hydrogen-bond donors (Lipinski definition) is 1. The number of nitrogens with zero attached hydrogens (tertiary/aromatic N) is 2. The lowest BCUT2D eigenvalue weighted by molar-refractivity contribution is -0.116. The summed E-state index contributed by atoms with van der Waals surface area (Å²) in [4.78, 5) is 24.0. The van der Waals surface area contributed by atoms with Crippen LogP contribution < -0.4 is 5.32 Å². The maximum atomic E-state index is 12.0. The summed E-state index contributed by atoms with van der Waals surface area (Å²) in [7, 11) is 0. The average molecular weight is 366 g/mol. The molecule has 0 saturated carbocycles. The first-order valence-electron chi connectivity index (χ1n) is 7.65. The molecule has 6 nitrogen and oxygen atoms in total. The molecule has 24 heavy (non-hydrogen) atoms. The van der Waals surface area contributed by atoms with Crippen LogP contribution in [0, 0.1) is 0 Å². The van der Waals surface area contributed by atoms with E-state index in [2.05, 4.69) is 15.5 Å². The summed E-state index contributed by atoms with van der Waals surface area (Å²) in [5, 5.41) is 12.5. The number of aromatic nitrogens is 2. The second-order valence-corrected chi connectivity index (χ2v) is 6.87. The third kappa shape index (κ3) is 4.37. The van der Waals surface area contributed by atoms with Gasteiger partial charge < -0.3 is 10.1 Å². The lowest BCUT2D eigenvalue weighted by Crippen LogP contribution is -2.13. The predicted molar refractivity (Wildman–Crippen MR) is 91.5 cm³/mol. The zero-order valence-electron chi connectivity index (χ0n) is 12.8. The van der Waals surface area contributed by atoms with E-state index in [1.807, 2.05) is 0 Å². The van der Waals surface area contributed by atoms with Crippen molar-refractivity contribution in [3.8, 4) is 0 Å². The van der Waals surface area contributed by atoms with Gasteiger partial charge in [-0.1, -0.05) is 22.9 Å². The molecule has 1 N–H and O–H groups in total. The van der Waals surface area contributed by atoms with E-state index in [1.165, 1.54) is 11.3 Å². The Morgan fingerprint density at radius 3 is 2.75 bits per heavy atom. The predicted octanol–water partition coefficient (Wildman–Crippen LogP) is 3.64. The van der Waals surface area contributed by atoms with E-state index in [1.54, 1.807) is 24.3 Å². The van der Waals surface area contributed by atoms with Gasteiger partial charge in [-0.05, 0) is 37.1 Å². The maximum absolute atomic E-state index is 12.0. The van der Waals surface area contributed by atoms with E-state index in [0.29, 0.717) is 15.7 Å². The van der Waals surface area contributed by atoms with Gasteiger partial charge in [0, 0.05) is 30.0 Å². The number of carbonyl (C=O) groups is 2. The van der Waals surface area contributed by atoms with Crippen molar-refractivity contribution in [2.24, 2.45) is 0 Å². The Hall–Kier alpha value is -1.83. The molecule has 0 spiro atoms. The van der Waals surface area contributed by atoms with Crippen molar-refractivity contribution in [2.75, 3.05) is 11.9 Å². The number of hydrogen-bond acceptors (Lipinski definition) is 6. The van der Waals surface area contributed by atoms with E-state index >= 15 is 0 Å². The van der Waals surface area contributed by atoms with Crippen LogP contribution in [0.4, 0.5) is 5.13 Å². The molecule has 0 bridgehead atoms. The van der Waals surface area contributed by atoms with Crippen molar-refractivity contribution >= 4 is 39.8 Å². The molecule has 0 radical (unpaired) electrons. The average Bonchev–Trinajstić information content (AvgIpc) is 3.24. The standard InChI is InChI=1S/C16H16ClN3O3S/c17-11-5-3-10(4-6-11)12(21)7-8-14(22)18-16-20-19-15(24-16)13-2-1-9-23-13/h3-6,13H,1-2,7-9H2,(H,18,20,22). The number of carbonyl (C=O) groups excluding carboxylic acids is 2. The van der Waals surface area contributed by atoms with Gasteiger partial charge in [0.2, 0.25) is 11.0 Å². The lowest BCUT2D eigenvalue weighted by atomic mass is 10.1. The first-order valence-corrected chi connectivity index (χ1v) is 8.85. The van der Waals surface area contributed by atoms with Gasteiger partial charge in [-0.25, -0.2) is 0 Å². The summed E-state index contributed by atoms with van der Waals surface area (Å²) in [6.07, 6.45) is 2.15. The Balaban J connectivity index is 1.48. The molecule has 1 aliphatic rings. The van der Waals surface area contributed by atoms with E-state index < -0.39 is 0 Å². The Morgan fingerprint density at radius 1 is 1.25 bits per heavy atom. The van der Waals surface area contributed by atoms with Crippen molar-refractivity contribution in [3.63, 3.8) is 0 Å². The van der Waals surface area contributed by atoms with Crippen molar-refractivity contribution in [2.45, 2.75) is 31.8 Å². The monoisotopic (exact) mass is 365 g/mol. The van der Waals surface area contributed by atoms with Gasteiger partial charge in [-0.3, -0.25) is 9.59 Å². The first-order chi connectivity index (χ1) is 11.6. The van der Waals surface area contributed by atoms with Crippen molar-refractivity contribution in [1.29, 1.82) is 0 Å². The summed E-state index contributed by atoms with van der Waals surface area (Å²) in [6.45, 7) is 0.735. The van der Waals surface area contributed by atoms with Gasteiger partial charge in [-0.15, -0.1) is 10.2 Å². The molecule has 1 aliphatic heterocycles. The fourth-order valence-electron chi connectivity index (χ4n) is 2.38. The fraction of sp³-hybridized carbons (Fsp3) is 0.375. The molecule has 8 heteroatoms. The summed E-state index contributed by atoms with van der Waals surface area (Å²) >= 11 is 7.10. The van der Waals surface area contributed by atoms with Gasteiger partial charge in [0.1, 0.15) is 11.1 Å². The van der Waals surface area contributed by atoms with E-state index in [4.69, 9.17) is 16.3 Å². The largest absolute Gasteiger partial charge is 0.371 e. The number of halogens is 1. The maximum Gasteiger partial charge on any atom is 0.226 e. The first kappa shape index (κ1) is 17.0. The quantitative estimate of drug-likeness (QED) is 0.790. The second kappa shape index (κ2) is 7.83. The highest BCUT2D eigenvalue weighted by Gasteiger charge is 2.22. The molecule has 2 aromatic rings. The summed E-state index contributed by atoms with van der Waals surface area (Å²) in [5.41, 5.74) is 0.545. The Labute approximate surface area is 148 Å². The van der Waals surface area contributed by atoms with Gasteiger partial charge in [-0.2, -0.15) is 0 Å². The minimum absolute atomic E-state index is 0.0142. The van der Waals surface area contributed by atoms with Crippen LogP contribution in [-0.2, 0) is 9.53 Å². The minimum atomic E-state index is -0.257. The van der Waals surface area contributed by atoms with Gasteiger partial charge in [0.15, 0.2) is 5.78 Å². The molecule has 1 aromatic heterocycles. The number of rotatable bonds is 6. The van der Waals surface area contributed by atoms with Gasteiger partial charge >= 0.3 is 0 Å². The molecule has 1 fully saturated rings. The molecular weight excluding hydrogens is 350 g/mol. The molecule has 1 saturated heterocycles. The fourth-order valence-corrected chi connectivity index (χ4v) is 3.35. The van der Waals surface area contributed by atoms with Crippen LogP contribution in [0.25, 0.3) is 0 Å². The molecule has 1 atom stereocenters. The van der Waals surface area contributed by atoms with Crippen molar-refractivity contribution in [3.05, 3.63) is 39.9 Å². The molecular formula is C16H16ClN3O3S. The highest BCUT2D eigenvalue weighted by Crippen LogP contribution is 2.31. The number of anilines is 1. The van der Waals surface area contributed by atoms with E-state index in [-0.39, 0.29) is 30.6 Å². The van der Waals surface area contributed by atoms with Crippen LogP contribution in [0.2, 0.25) is 5.02 Å². The molecule has 3 rings (SSSR count). The topological polar surface area (TPSA) is 81.2 Å². The van der Waals surface area contributed by atoms with E-state index in [0.717, 1.165) is 24.5 Å². The highest BCUT2D eigenvalue weighted by molar-refractivity contribution is 7.15.